The lowest BCUT2D eigenvalue weighted by atomic mass is 10.0. The Morgan fingerprint density at radius 3 is 2.37 bits per heavy atom. The molecule has 0 spiro atoms. The summed E-state index contributed by atoms with van der Waals surface area (Å²) in [6.45, 7) is 0. The van der Waals surface area contributed by atoms with Crippen LogP contribution < -0.4 is 4.90 Å². The van der Waals surface area contributed by atoms with Crippen molar-refractivity contribution in [3.63, 3.8) is 0 Å². The summed E-state index contributed by atoms with van der Waals surface area (Å²) in [6.07, 6.45) is 0.221. The summed E-state index contributed by atoms with van der Waals surface area (Å²) >= 11 is 0. The Bertz CT molecular complexity index is 576. The van der Waals surface area contributed by atoms with E-state index in [1.54, 1.807) is 24.3 Å². The number of halogens is 1. The maximum absolute atomic E-state index is 13.0. The number of benzene rings is 2. The van der Waals surface area contributed by atoms with Gasteiger partial charge in [0.2, 0.25) is 0 Å². The average molecular weight is 257 g/mol. The van der Waals surface area contributed by atoms with E-state index < -0.39 is 0 Å². The molecule has 0 saturated heterocycles. The Hall–Kier alpha value is -2.16. The zero-order valence-electron chi connectivity index (χ0n) is 11.1. The highest BCUT2D eigenvalue weighted by Gasteiger charge is 2.08. The van der Waals surface area contributed by atoms with Crippen molar-refractivity contribution in [2.45, 2.75) is 6.42 Å². The quantitative estimate of drug-likeness (QED) is 0.783. The third-order valence-corrected chi connectivity index (χ3v) is 2.96. The molecule has 0 aliphatic heterocycles. The molecule has 2 nitrogen and oxygen atoms in total. The second-order valence-corrected chi connectivity index (χ2v) is 4.67. The van der Waals surface area contributed by atoms with Crippen LogP contribution in [0.15, 0.2) is 48.5 Å². The molecule has 0 aliphatic carbocycles. The SMILES string of the molecule is CN(C)c1ccc(C(=O)Cc2cccc(F)c2)cc1. The van der Waals surface area contributed by atoms with Crippen molar-refractivity contribution in [2.24, 2.45) is 0 Å². The number of hydrogen-bond donors (Lipinski definition) is 0. The van der Waals surface area contributed by atoms with Crippen LogP contribution in [0.2, 0.25) is 0 Å². The van der Waals surface area contributed by atoms with Crippen molar-refractivity contribution in [1.82, 2.24) is 0 Å². The molecule has 0 unspecified atom stereocenters. The molecule has 0 radical (unpaired) electrons. The van der Waals surface area contributed by atoms with E-state index in [0.717, 1.165) is 5.69 Å². The van der Waals surface area contributed by atoms with Crippen molar-refractivity contribution >= 4 is 11.5 Å². The molecule has 2 rings (SSSR count). The highest BCUT2D eigenvalue weighted by molar-refractivity contribution is 5.97. The summed E-state index contributed by atoms with van der Waals surface area (Å²) in [6, 6.07) is 13.6. The van der Waals surface area contributed by atoms with Crippen LogP contribution in [0.25, 0.3) is 0 Å². The molecule has 0 aliphatic rings. The highest BCUT2D eigenvalue weighted by atomic mass is 19.1. The number of Topliss-reactive ketones (excluding diaryl/α,β-unsaturated/α-hetero) is 1. The van der Waals surface area contributed by atoms with Crippen LogP contribution in [0.5, 0.6) is 0 Å². The van der Waals surface area contributed by atoms with Crippen LogP contribution in [0.4, 0.5) is 10.1 Å². The van der Waals surface area contributed by atoms with Gasteiger partial charge in [-0.25, -0.2) is 4.39 Å². The molecule has 2 aromatic carbocycles. The first-order chi connectivity index (χ1) is 9.06. The number of anilines is 1. The molecular weight excluding hydrogens is 241 g/mol. The van der Waals surface area contributed by atoms with Crippen LogP contribution >= 0.6 is 0 Å². The van der Waals surface area contributed by atoms with Crippen molar-refractivity contribution < 1.29 is 9.18 Å². The largest absolute Gasteiger partial charge is 0.378 e. The summed E-state index contributed by atoms with van der Waals surface area (Å²) < 4.78 is 13.0. The van der Waals surface area contributed by atoms with E-state index in [2.05, 4.69) is 0 Å². The van der Waals surface area contributed by atoms with E-state index in [1.165, 1.54) is 12.1 Å². The Labute approximate surface area is 112 Å². The molecule has 0 atom stereocenters. The van der Waals surface area contributed by atoms with Crippen LogP contribution in [-0.4, -0.2) is 19.9 Å². The average Bonchev–Trinajstić information content (AvgIpc) is 2.39. The molecule has 19 heavy (non-hydrogen) atoms. The Balaban J connectivity index is 2.11. The maximum atomic E-state index is 13.0. The number of nitrogens with zero attached hydrogens (tertiary/aromatic N) is 1. The molecule has 98 valence electrons. The zero-order valence-corrected chi connectivity index (χ0v) is 11.1. The fraction of sp³-hybridized carbons (Fsp3) is 0.188. The fourth-order valence-electron chi connectivity index (χ4n) is 1.88. The normalized spacial score (nSPS) is 10.3. The molecule has 0 heterocycles. The molecule has 0 amide bonds. The van der Waals surface area contributed by atoms with Gasteiger partial charge >= 0.3 is 0 Å². The van der Waals surface area contributed by atoms with E-state index in [4.69, 9.17) is 0 Å². The van der Waals surface area contributed by atoms with Gasteiger partial charge in [-0.1, -0.05) is 12.1 Å². The highest BCUT2D eigenvalue weighted by Crippen LogP contribution is 2.14. The third kappa shape index (κ3) is 3.41. The van der Waals surface area contributed by atoms with Crippen LogP contribution in [0, 0.1) is 5.82 Å². The van der Waals surface area contributed by atoms with Gasteiger partial charge in [0.15, 0.2) is 5.78 Å². The lowest BCUT2D eigenvalue weighted by Gasteiger charge is -2.12. The number of rotatable bonds is 4. The number of hydrogen-bond acceptors (Lipinski definition) is 2. The van der Waals surface area contributed by atoms with Gasteiger partial charge in [0.1, 0.15) is 5.82 Å². The predicted molar refractivity (Wildman–Crippen MR) is 75.2 cm³/mol. The van der Waals surface area contributed by atoms with Gasteiger partial charge in [-0.05, 0) is 42.0 Å². The molecule has 0 saturated carbocycles. The van der Waals surface area contributed by atoms with Crippen molar-refractivity contribution in [3.8, 4) is 0 Å². The first-order valence-electron chi connectivity index (χ1n) is 6.11. The number of carbonyl (C=O) groups is 1. The van der Waals surface area contributed by atoms with E-state index in [1.807, 2.05) is 31.1 Å². The van der Waals surface area contributed by atoms with Crippen LogP contribution in [0.3, 0.4) is 0 Å². The first kappa shape index (κ1) is 13.3. The second kappa shape index (κ2) is 5.65. The minimum atomic E-state index is -0.312. The predicted octanol–water partition coefficient (Wildman–Crippen LogP) is 3.32. The van der Waals surface area contributed by atoms with Crippen molar-refractivity contribution in [3.05, 3.63) is 65.5 Å². The van der Waals surface area contributed by atoms with Gasteiger partial charge in [-0.3, -0.25) is 4.79 Å². The summed E-state index contributed by atoms with van der Waals surface area (Å²) in [4.78, 5) is 14.0. The van der Waals surface area contributed by atoms with E-state index in [0.29, 0.717) is 11.1 Å². The minimum absolute atomic E-state index is 0.00379. The first-order valence-corrected chi connectivity index (χ1v) is 6.11. The summed E-state index contributed by atoms with van der Waals surface area (Å²) in [5.74, 6) is -0.316. The van der Waals surface area contributed by atoms with Crippen molar-refractivity contribution in [1.29, 1.82) is 0 Å². The van der Waals surface area contributed by atoms with E-state index in [-0.39, 0.29) is 18.0 Å². The molecule has 0 aromatic heterocycles. The lowest BCUT2D eigenvalue weighted by Crippen LogP contribution is -2.09. The van der Waals surface area contributed by atoms with Crippen LogP contribution in [-0.2, 0) is 6.42 Å². The van der Waals surface area contributed by atoms with Crippen LogP contribution in [0.1, 0.15) is 15.9 Å². The maximum Gasteiger partial charge on any atom is 0.167 e. The molecular formula is C16H16FNO. The standard InChI is InChI=1S/C16H16FNO/c1-18(2)15-8-6-13(7-9-15)16(19)11-12-4-3-5-14(17)10-12/h3-10H,11H2,1-2H3. The Morgan fingerprint density at radius 1 is 1.11 bits per heavy atom. The van der Waals surface area contributed by atoms with E-state index >= 15 is 0 Å². The van der Waals surface area contributed by atoms with Gasteiger partial charge in [0, 0.05) is 31.8 Å². The molecule has 2 aromatic rings. The smallest absolute Gasteiger partial charge is 0.167 e. The second-order valence-electron chi connectivity index (χ2n) is 4.67. The topological polar surface area (TPSA) is 20.3 Å². The van der Waals surface area contributed by atoms with Gasteiger partial charge in [0.05, 0.1) is 0 Å². The Kier molecular flexibility index (Phi) is 3.95. The molecule has 0 bridgehead atoms. The van der Waals surface area contributed by atoms with Gasteiger partial charge < -0.3 is 4.90 Å². The zero-order chi connectivity index (χ0) is 13.8. The molecule has 3 heteroatoms. The van der Waals surface area contributed by atoms with Gasteiger partial charge in [0.25, 0.3) is 0 Å². The third-order valence-electron chi connectivity index (χ3n) is 2.96. The lowest BCUT2D eigenvalue weighted by molar-refractivity contribution is 0.0993. The summed E-state index contributed by atoms with van der Waals surface area (Å²) in [7, 11) is 3.90. The number of carbonyl (C=O) groups excluding carboxylic acids is 1. The van der Waals surface area contributed by atoms with E-state index in [9.17, 15) is 9.18 Å². The summed E-state index contributed by atoms with van der Waals surface area (Å²) in [5.41, 5.74) is 2.39. The monoisotopic (exact) mass is 257 g/mol. The molecule has 0 N–H and O–H groups in total. The number of ketones is 1. The summed E-state index contributed by atoms with van der Waals surface area (Å²) in [5, 5.41) is 0. The molecule has 0 fully saturated rings. The van der Waals surface area contributed by atoms with Gasteiger partial charge in [-0.2, -0.15) is 0 Å². The van der Waals surface area contributed by atoms with Gasteiger partial charge in [-0.15, -0.1) is 0 Å². The van der Waals surface area contributed by atoms with Crippen molar-refractivity contribution in [2.75, 3.05) is 19.0 Å². The Morgan fingerprint density at radius 2 is 1.79 bits per heavy atom. The minimum Gasteiger partial charge on any atom is -0.378 e. The fourth-order valence-corrected chi connectivity index (χ4v) is 1.88.